The van der Waals surface area contributed by atoms with Gasteiger partial charge >= 0.3 is 5.97 Å². The Labute approximate surface area is 72.0 Å². The molecule has 1 atom stereocenters. The van der Waals surface area contributed by atoms with Gasteiger partial charge in [0.05, 0.1) is 19.3 Å². The minimum Gasteiger partial charge on any atom is -0.456 e. The Morgan fingerprint density at radius 3 is 2.83 bits per heavy atom. The summed E-state index contributed by atoms with van der Waals surface area (Å²) in [6.45, 7) is 2.36. The van der Waals surface area contributed by atoms with Crippen LogP contribution in [0, 0.1) is 11.8 Å². The highest BCUT2D eigenvalue weighted by molar-refractivity contribution is 5.88. The topological polar surface area (TPSA) is 61.5 Å². The first kappa shape index (κ1) is 11.0. The van der Waals surface area contributed by atoms with E-state index in [1.807, 2.05) is 0 Å². The summed E-state index contributed by atoms with van der Waals surface area (Å²) in [5, 5.41) is 0. The summed E-state index contributed by atoms with van der Waals surface area (Å²) in [5.41, 5.74) is 5.42. The Kier molecular flexibility index (Phi) is 6.07. The van der Waals surface area contributed by atoms with Gasteiger partial charge in [-0.05, 0) is 6.92 Å². The van der Waals surface area contributed by atoms with Gasteiger partial charge in [-0.2, -0.15) is 0 Å². The van der Waals surface area contributed by atoms with E-state index < -0.39 is 12.0 Å². The van der Waals surface area contributed by atoms with Crippen molar-refractivity contribution in [2.24, 2.45) is 5.73 Å². The number of carbonyl (C=O) groups excluding carboxylic acids is 1. The molecule has 0 spiro atoms. The zero-order valence-electron chi connectivity index (χ0n) is 7.29. The molecule has 0 aromatic rings. The van der Waals surface area contributed by atoms with E-state index in [2.05, 4.69) is 16.6 Å². The maximum Gasteiger partial charge on any atom is 0.384 e. The van der Waals surface area contributed by atoms with Gasteiger partial charge in [0.1, 0.15) is 0 Å². The van der Waals surface area contributed by atoms with Crippen molar-refractivity contribution in [3.8, 4) is 11.8 Å². The minimum absolute atomic E-state index is 0.312. The molecule has 0 fully saturated rings. The van der Waals surface area contributed by atoms with Crippen molar-refractivity contribution in [2.45, 2.75) is 13.0 Å². The predicted octanol–water partition coefficient (Wildman–Crippen LogP) is -0.473. The largest absolute Gasteiger partial charge is 0.456 e. The molecule has 0 aromatic heterocycles. The third-order valence-corrected chi connectivity index (χ3v) is 0.981. The van der Waals surface area contributed by atoms with Crippen molar-refractivity contribution in [2.75, 3.05) is 20.3 Å². The van der Waals surface area contributed by atoms with Crippen molar-refractivity contribution in [3.05, 3.63) is 0 Å². The first-order valence-electron chi connectivity index (χ1n) is 3.63. The lowest BCUT2D eigenvalue weighted by molar-refractivity contribution is -0.136. The highest BCUT2D eigenvalue weighted by Crippen LogP contribution is 1.78. The average molecular weight is 171 g/mol. The number of carbonyl (C=O) groups is 1. The molecule has 1 unspecified atom stereocenters. The maximum absolute atomic E-state index is 10.7. The molecule has 2 N–H and O–H groups in total. The van der Waals surface area contributed by atoms with Crippen LogP contribution < -0.4 is 5.73 Å². The lowest BCUT2D eigenvalue weighted by Gasteiger charge is -1.99. The third kappa shape index (κ3) is 5.71. The molecule has 0 amide bonds. The Hall–Kier alpha value is -1.05. The number of ether oxygens (including phenoxy) is 2. The highest BCUT2D eigenvalue weighted by atomic mass is 16.5. The summed E-state index contributed by atoms with van der Waals surface area (Å²) in [5.74, 6) is 4.20. The van der Waals surface area contributed by atoms with Crippen LogP contribution in [-0.2, 0) is 14.3 Å². The summed E-state index contributed by atoms with van der Waals surface area (Å²) in [7, 11) is 1.52. The fourth-order valence-corrected chi connectivity index (χ4v) is 0.540. The Morgan fingerprint density at radius 2 is 2.33 bits per heavy atom. The summed E-state index contributed by atoms with van der Waals surface area (Å²) in [6, 6.07) is -0.431. The van der Waals surface area contributed by atoms with E-state index in [4.69, 9.17) is 10.5 Å². The zero-order valence-corrected chi connectivity index (χ0v) is 7.29. The Balaban J connectivity index is 3.76. The Morgan fingerprint density at radius 1 is 1.67 bits per heavy atom. The van der Waals surface area contributed by atoms with E-state index in [-0.39, 0.29) is 0 Å². The molecule has 0 rings (SSSR count). The van der Waals surface area contributed by atoms with Crippen LogP contribution in [0.25, 0.3) is 0 Å². The van der Waals surface area contributed by atoms with Crippen LogP contribution in [0.2, 0.25) is 0 Å². The second-order valence-electron chi connectivity index (χ2n) is 2.05. The van der Waals surface area contributed by atoms with Gasteiger partial charge in [-0.1, -0.05) is 5.92 Å². The normalized spacial score (nSPS) is 11.2. The molecular formula is C8H13NO3. The third-order valence-electron chi connectivity index (χ3n) is 0.981. The molecule has 0 heterocycles. The van der Waals surface area contributed by atoms with Gasteiger partial charge < -0.3 is 15.2 Å². The average Bonchev–Trinajstić information content (AvgIpc) is 2.02. The van der Waals surface area contributed by atoms with Crippen LogP contribution in [0.15, 0.2) is 0 Å². The van der Waals surface area contributed by atoms with E-state index in [9.17, 15) is 4.79 Å². The SMILES string of the molecule is CCOC(=O)C#CC(N)COC. The van der Waals surface area contributed by atoms with E-state index in [1.165, 1.54) is 7.11 Å². The van der Waals surface area contributed by atoms with Gasteiger partial charge in [0, 0.05) is 13.0 Å². The first-order valence-corrected chi connectivity index (χ1v) is 3.63. The summed E-state index contributed by atoms with van der Waals surface area (Å²) >= 11 is 0. The van der Waals surface area contributed by atoms with E-state index >= 15 is 0 Å². The van der Waals surface area contributed by atoms with Gasteiger partial charge in [-0.15, -0.1) is 0 Å². The lowest BCUT2D eigenvalue weighted by atomic mass is 10.3. The number of nitrogens with two attached hydrogens (primary N) is 1. The second kappa shape index (κ2) is 6.65. The molecule has 0 aliphatic carbocycles. The van der Waals surface area contributed by atoms with Gasteiger partial charge in [0.25, 0.3) is 0 Å². The quantitative estimate of drug-likeness (QED) is 0.354. The van der Waals surface area contributed by atoms with Crippen LogP contribution in [0.5, 0.6) is 0 Å². The van der Waals surface area contributed by atoms with Crippen LogP contribution in [-0.4, -0.2) is 32.3 Å². The Bertz CT molecular complexity index is 192. The lowest BCUT2D eigenvalue weighted by Crippen LogP contribution is -2.23. The van der Waals surface area contributed by atoms with Crippen molar-refractivity contribution in [1.82, 2.24) is 0 Å². The molecule has 4 heteroatoms. The summed E-state index contributed by atoms with van der Waals surface area (Å²) < 4.78 is 9.28. The molecule has 4 nitrogen and oxygen atoms in total. The zero-order chi connectivity index (χ0) is 9.40. The molecule has 12 heavy (non-hydrogen) atoms. The van der Waals surface area contributed by atoms with E-state index in [1.54, 1.807) is 6.92 Å². The van der Waals surface area contributed by atoms with E-state index in [0.29, 0.717) is 13.2 Å². The van der Waals surface area contributed by atoms with Crippen LogP contribution >= 0.6 is 0 Å². The maximum atomic E-state index is 10.7. The summed E-state index contributed by atoms with van der Waals surface area (Å²) in [4.78, 5) is 10.7. The number of methoxy groups -OCH3 is 1. The van der Waals surface area contributed by atoms with Crippen molar-refractivity contribution < 1.29 is 14.3 Å². The van der Waals surface area contributed by atoms with Crippen LogP contribution in [0.1, 0.15) is 6.92 Å². The molecule has 0 saturated heterocycles. The van der Waals surface area contributed by atoms with Crippen LogP contribution in [0.4, 0.5) is 0 Å². The monoisotopic (exact) mass is 171 g/mol. The molecule has 0 aliphatic rings. The molecule has 0 aromatic carbocycles. The van der Waals surface area contributed by atoms with Gasteiger partial charge in [0.2, 0.25) is 0 Å². The number of hydrogen-bond acceptors (Lipinski definition) is 4. The second-order valence-corrected chi connectivity index (χ2v) is 2.05. The fraction of sp³-hybridized carbons (Fsp3) is 0.625. The highest BCUT2D eigenvalue weighted by Gasteiger charge is 1.96. The smallest absolute Gasteiger partial charge is 0.384 e. The standard InChI is InChI=1S/C8H13NO3/c1-3-12-8(10)5-4-7(9)6-11-2/h7H,3,6,9H2,1-2H3. The molecule has 0 bridgehead atoms. The number of esters is 1. The summed E-state index contributed by atoms with van der Waals surface area (Å²) in [6.07, 6.45) is 0. The minimum atomic E-state index is -0.552. The van der Waals surface area contributed by atoms with Crippen LogP contribution in [0.3, 0.4) is 0 Å². The van der Waals surface area contributed by atoms with Crippen molar-refractivity contribution in [3.63, 3.8) is 0 Å². The van der Waals surface area contributed by atoms with Crippen molar-refractivity contribution in [1.29, 1.82) is 0 Å². The van der Waals surface area contributed by atoms with Gasteiger partial charge in [-0.25, -0.2) is 4.79 Å². The molecule has 0 radical (unpaired) electrons. The molecule has 0 saturated carbocycles. The van der Waals surface area contributed by atoms with E-state index in [0.717, 1.165) is 0 Å². The van der Waals surface area contributed by atoms with Gasteiger partial charge in [0.15, 0.2) is 0 Å². The van der Waals surface area contributed by atoms with Gasteiger partial charge in [-0.3, -0.25) is 0 Å². The molecular weight excluding hydrogens is 158 g/mol. The fourth-order valence-electron chi connectivity index (χ4n) is 0.540. The predicted molar refractivity (Wildman–Crippen MR) is 44.3 cm³/mol. The number of hydrogen-bond donors (Lipinski definition) is 1. The molecule has 0 aliphatic heterocycles. The van der Waals surface area contributed by atoms with Crippen molar-refractivity contribution >= 4 is 5.97 Å². The first-order chi connectivity index (χ1) is 5.70. The number of rotatable bonds is 3. The molecule has 68 valence electrons.